The van der Waals surface area contributed by atoms with E-state index >= 15 is 0 Å². The molecule has 0 saturated carbocycles. The molecule has 24 heavy (non-hydrogen) atoms. The van der Waals surface area contributed by atoms with Crippen molar-refractivity contribution in [1.29, 1.82) is 0 Å². The predicted molar refractivity (Wildman–Crippen MR) is 89.3 cm³/mol. The average molecular weight is 318 g/mol. The number of fused-ring (bicyclic) bond motifs is 1. The highest BCUT2D eigenvalue weighted by Crippen LogP contribution is 2.24. The van der Waals surface area contributed by atoms with E-state index in [9.17, 15) is 9.59 Å². The van der Waals surface area contributed by atoms with Crippen LogP contribution in [0.25, 0.3) is 0 Å². The summed E-state index contributed by atoms with van der Waals surface area (Å²) in [5, 5.41) is 10.9. The third-order valence-corrected chi connectivity index (χ3v) is 4.04. The standard InChI is InChI=1S/C18H14N4O2/c23-17(14-9-5-2-6-10-14)22-18(24)16-11-15(20-21(16)12-19-22)13-7-3-1-4-8-13/h1-10,12,16H,11H2. The van der Waals surface area contributed by atoms with Crippen LogP contribution in [-0.2, 0) is 4.79 Å². The van der Waals surface area contributed by atoms with Gasteiger partial charge in [0.2, 0.25) is 0 Å². The van der Waals surface area contributed by atoms with Crippen LogP contribution in [0.15, 0.2) is 70.9 Å². The second-order valence-corrected chi connectivity index (χ2v) is 5.56. The summed E-state index contributed by atoms with van der Waals surface area (Å²) in [4.78, 5) is 25.2. The van der Waals surface area contributed by atoms with Gasteiger partial charge in [-0.25, -0.2) is 5.01 Å². The van der Waals surface area contributed by atoms with Crippen molar-refractivity contribution in [3.8, 4) is 0 Å². The fourth-order valence-electron chi connectivity index (χ4n) is 2.80. The Morgan fingerprint density at radius 3 is 2.38 bits per heavy atom. The van der Waals surface area contributed by atoms with Crippen molar-refractivity contribution < 1.29 is 9.59 Å². The van der Waals surface area contributed by atoms with Gasteiger partial charge in [-0.3, -0.25) is 9.59 Å². The van der Waals surface area contributed by atoms with Crippen LogP contribution in [0.2, 0.25) is 0 Å². The normalized spacial score (nSPS) is 19.2. The van der Waals surface area contributed by atoms with Crippen LogP contribution in [0, 0.1) is 0 Å². The maximum absolute atomic E-state index is 12.7. The van der Waals surface area contributed by atoms with Gasteiger partial charge < -0.3 is 0 Å². The van der Waals surface area contributed by atoms with Gasteiger partial charge in [-0.05, 0) is 17.7 Å². The van der Waals surface area contributed by atoms with Gasteiger partial charge in [0.05, 0.1) is 5.71 Å². The van der Waals surface area contributed by atoms with Gasteiger partial charge in [0.15, 0.2) is 0 Å². The Kier molecular flexibility index (Phi) is 3.42. The summed E-state index contributed by atoms with van der Waals surface area (Å²) in [5.41, 5.74) is 2.21. The van der Waals surface area contributed by atoms with Gasteiger partial charge in [-0.1, -0.05) is 48.5 Å². The van der Waals surface area contributed by atoms with E-state index in [4.69, 9.17) is 0 Å². The van der Waals surface area contributed by atoms with Crippen LogP contribution in [0.5, 0.6) is 0 Å². The molecule has 0 aromatic heterocycles. The highest BCUT2D eigenvalue weighted by atomic mass is 16.2. The number of nitrogens with zero attached hydrogens (tertiary/aromatic N) is 4. The Labute approximate surface area is 138 Å². The fraction of sp³-hybridized carbons (Fsp3) is 0.111. The number of benzene rings is 2. The smallest absolute Gasteiger partial charge is 0.270 e. The van der Waals surface area contributed by atoms with Crippen molar-refractivity contribution >= 4 is 23.9 Å². The first-order chi connectivity index (χ1) is 11.7. The van der Waals surface area contributed by atoms with E-state index in [1.807, 2.05) is 36.4 Å². The van der Waals surface area contributed by atoms with Crippen LogP contribution in [0.4, 0.5) is 0 Å². The number of carbonyl (C=O) groups excluding carboxylic acids is 2. The number of hydrogen-bond donors (Lipinski definition) is 0. The van der Waals surface area contributed by atoms with Crippen molar-refractivity contribution in [2.75, 3.05) is 0 Å². The summed E-state index contributed by atoms with van der Waals surface area (Å²) in [5.74, 6) is -0.786. The highest BCUT2D eigenvalue weighted by Gasteiger charge is 2.40. The lowest BCUT2D eigenvalue weighted by Gasteiger charge is -2.27. The SMILES string of the molecule is O=C(c1ccccc1)N1N=CN2N=C(c3ccccc3)CC2C1=O. The summed E-state index contributed by atoms with van der Waals surface area (Å²) >= 11 is 0. The quantitative estimate of drug-likeness (QED) is 0.796. The van der Waals surface area contributed by atoms with Gasteiger partial charge in [-0.2, -0.15) is 15.2 Å². The molecule has 6 nitrogen and oxygen atoms in total. The summed E-state index contributed by atoms with van der Waals surface area (Å²) in [6.45, 7) is 0. The molecule has 4 rings (SSSR count). The molecule has 2 amide bonds. The second kappa shape index (κ2) is 5.73. The molecule has 0 radical (unpaired) electrons. The third-order valence-electron chi connectivity index (χ3n) is 4.04. The molecule has 2 heterocycles. The number of imide groups is 1. The van der Waals surface area contributed by atoms with Crippen LogP contribution < -0.4 is 0 Å². The second-order valence-electron chi connectivity index (χ2n) is 5.56. The van der Waals surface area contributed by atoms with E-state index in [1.54, 1.807) is 24.3 Å². The van der Waals surface area contributed by atoms with Crippen molar-refractivity contribution in [1.82, 2.24) is 10.0 Å². The molecule has 2 aromatic carbocycles. The van der Waals surface area contributed by atoms with Crippen LogP contribution in [0.1, 0.15) is 22.3 Å². The number of hydrazone groups is 2. The molecule has 0 spiro atoms. The zero-order valence-corrected chi connectivity index (χ0v) is 12.7. The number of amides is 2. The molecule has 118 valence electrons. The number of carbonyl (C=O) groups is 2. The molecule has 1 unspecified atom stereocenters. The molecule has 6 heteroatoms. The lowest BCUT2D eigenvalue weighted by Crippen LogP contribution is -2.49. The molecule has 2 aliphatic rings. The predicted octanol–water partition coefficient (Wildman–Crippen LogP) is 2.09. The van der Waals surface area contributed by atoms with Crippen molar-refractivity contribution in [2.45, 2.75) is 12.5 Å². The van der Waals surface area contributed by atoms with E-state index in [1.165, 1.54) is 11.3 Å². The minimum atomic E-state index is -0.523. The molecule has 0 N–H and O–H groups in total. The van der Waals surface area contributed by atoms with Crippen molar-refractivity contribution in [3.63, 3.8) is 0 Å². The molecule has 0 bridgehead atoms. The molecule has 2 aliphatic heterocycles. The van der Waals surface area contributed by atoms with Gasteiger partial charge in [0, 0.05) is 12.0 Å². The lowest BCUT2D eigenvalue weighted by atomic mass is 10.0. The van der Waals surface area contributed by atoms with Gasteiger partial charge in [0.1, 0.15) is 12.4 Å². The Morgan fingerprint density at radius 2 is 1.67 bits per heavy atom. The van der Waals surface area contributed by atoms with Crippen LogP contribution in [0.3, 0.4) is 0 Å². The first-order valence-electron chi connectivity index (χ1n) is 7.63. The molecule has 0 saturated heterocycles. The Bertz CT molecular complexity index is 846. The van der Waals surface area contributed by atoms with E-state index in [0.717, 1.165) is 16.3 Å². The van der Waals surface area contributed by atoms with E-state index in [0.29, 0.717) is 12.0 Å². The fourth-order valence-corrected chi connectivity index (χ4v) is 2.80. The van der Waals surface area contributed by atoms with E-state index in [2.05, 4.69) is 10.2 Å². The first-order valence-corrected chi connectivity index (χ1v) is 7.63. The zero-order chi connectivity index (χ0) is 16.5. The Morgan fingerprint density at radius 1 is 1.00 bits per heavy atom. The summed E-state index contributed by atoms with van der Waals surface area (Å²) in [6, 6.07) is 17.8. The maximum atomic E-state index is 12.7. The Balaban J connectivity index is 1.57. The minimum Gasteiger partial charge on any atom is -0.270 e. The topological polar surface area (TPSA) is 65.3 Å². The largest absolute Gasteiger partial charge is 0.281 e. The first kappa shape index (κ1) is 14.3. The summed E-state index contributed by atoms with van der Waals surface area (Å²) in [6.07, 6.45) is 1.89. The van der Waals surface area contributed by atoms with E-state index < -0.39 is 11.9 Å². The molecular weight excluding hydrogens is 304 g/mol. The third kappa shape index (κ3) is 2.38. The number of rotatable bonds is 2. The van der Waals surface area contributed by atoms with Gasteiger partial charge in [0.25, 0.3) is 11.8 Å². The van der Waals surface area contributed by atoms with Gasteiger partial charge >= 0.3 is 0 Å². The highest BCUT2D eigenvalue weighted by molar-refractivity contribution is 6.11. The zero-order valence-electron chi connectivity index (χ0n) is 12.7. The average Bonchev–Trinajstić information content (AvgIpc) is 3.08. The van der Waals surface area contributed by atoms with E-state index in [-0.39, 0.29) is 5.91 Å². The summed E-state index contributed by atoms with van der Waals surface area (Å²) in [7, 11) is 0. The van der Waals surface area contributed by atoms with Crippen LogP contribution in [-0.4, -0.2) is 39.9 Å². The Hall–Kier alpha value is -3.28. The summed E-state index contributed by atoms with van der Waals surface area (Å²) < 4.78 is 0. The van der Waals surface area contributed by atoms with Gasteiger partial charge in [-0.15, -0.1) is 0 Å². The molecular formula is C18H14N4O2. The monoisotopic (exact) mass is 318 g/mol. The van der Waals surface area contributed by atoms with Crippen LogP contribution >= 0.6 is 0 Å². The molecule has 1 atom stereocenters. The van der Waals surface area contributed by atoms with Crippen molar-refractivity contribution in [3.05, 3.63) is 71.8 Å². The minimum absolute atomic E-state index is 0.360. The van der Waals surface area contributed by atoms with Crippen molar-refractivity contribution in [2.24, 2.45) is 10.2 Å². The molecule has 0 fully saturated rings. The number of hydrogen-bond acceptors (Lipinski definition) is 5. The lowest BCUT2D eigenvalue weighted by molar-refractivity contribution is -0.133. The molecule has 0 aliphatic carbocycles. The molecule has 2 aromatic rings. The maximum Gasteiger partial charge on any atom is 0.281 e.